The number of hydrogen-bond donors (Lipinski definition) is 1. The normalized spacial score (nSPS) is 11.6. The Hall–Kier alpha value is -2.64. The van der Waals surface area contributed by atoms with Gasteiger partial charge < -0.3 is 15.0 Å². The molecule has 0 unspecified atom stereocenters. The fraction of sp³-hybridized carbons (Fsp3) is 0.286. The Bertz CT molecular complexity index is 1130. The van der Waals surface area contributed by atoms with E-state index < -0.39 is 6.04 Å². The lowest BCUT2D eigenvalue weighted by molar-refractivity contribution is -0.142. The highest BCUT2D eigenvalue weighted by Crippen LogP contribution is 2.26. The highest BCUT2D eigenvalue weighted by atomic mass is 79.9. The average Bonchev–Trinajstić information content (AvgIpc) is 2.85. The maximum Gasteiger partial charge on any atom is 0.261 e. The first-order chi connectivity index (χ1) is 16.8. The molecule has 1 atom stereocenters. The predicted molar refractivity (Wildman–Crippen MR) is 146 cm³/mol. The summed E-state index contributed by atoms with van der Waals surface area (Å²) in [6, 6.07) is 20.6. The van der Waals surface area contributed by atoms with Gasteiger partial charge in [-0.15, -0.1) is 0 Å². The molecule has 0 heterocycles. The van der Waals surface area contributed by atoms with Crippen LogP contribution in [0.4, 0.5) is 0 Å². The minimum atomic E-state index is -0.675. The number of ether oxygens (including phenoxy) is 1. The van der Waals surface area contributed by atoms with Gasteiger partial charge in [0.15, 0.2) is 6.61 Å². The third kappa shape index (κ3) is 7.67. The zero-order chi connectivity index (χ0) is 25.4. The van der Waals surface area contributed by atoms with Gasteiger partial charge in [-0.25, -0.2) is 0 Å². The van der Waals surface area contributed by atoms with Crippen molar-refractivity contribution in [3.8, 4) is 5.75 Å². The van der Waals surface area contributed by atoms with Crippen molar-refractivity contribution in [3.63, 3.8) is 0 Å². The van der Waals surface area contributed by atoms with E-state index in [4.69, 9.17) is 4.74 Å². The largest absolute Gasteiger partial charge is 0.484 e. The van der Waals surface area contributed by atoms with Gasteiger partial charge in [-0.2, -0.15) is 0 Å². The number of nitrogens with one attached hydrogen (secondary N) is 1. The fourth-order valence-corrected chi connectivity index (χ4v) is 4.34. The molecule has 0 saturated carbocycles. The van der Waals surface area contributed by atoms with Crippen molar-refractivity contribution in [2.24, 2.45) is 0 Å². The van der Waals surface area contributed by atoms with E-state index in [0.717, 1.165) is 31.2 Å². The summed E-state index contributed by atoms with van der Waals surface area (Å²) in [6.45, 7) is 6.45. The molecule has 0 saturated heterocycles. The lowest BCUT2D eigenvalue weighted by Crippen LogP contribution is -2.51. The first-order valence-electron chi connectivity index (χ1n) is 11.5. The van der Waals surface area contributed by atoms with Gasteiger partial charge in [-0.3, -0.25) is 9.59 Å². The van der Waals surface area contributed by atoms with Gasteiger partial charge in [0.1, 0.15) is 11.8 Å². The molecule has 1 N–H and O–H groups in total. The molecule has 35 heavy (non-hydrogen) atoms. The molecule has 184 valence electrons. The Kier molecular flexibility index (Phi) is 9.93. The molecule has 3 aromatic carbocycles. The molecule has 0 spiro atoms. The highest BCUT2D eigenvalue weighted by molar-refractivity contribution is 9.10. The molecular formula is C28H30Br2N2O3. The van der Waals surface area contributed by atoms with Crippen LogP contribution in [-0.4, -0.2) is 35.9 Å². The van der Waals surface area contributed by atoms with Gasteiger partial charge in [0.05, 0.1) is 0 Å². The summed E-state index contributed by atoms with van der Waals surface area (Å²) in [5, 5.41) is 2.90. The Morgan fingerprint density at radius 1 is 0.943 bits per heavy atom. The van der Waals surface area contributed by atoms with Gasteiger partial charge in [0.2, 0.25) is 5.91 Å². The van der Waals surface area contributed by atoms with E-state index >= 15 is 0 Å². The van der Waals surface area contributed by atoms with Gasteiger partial charge in [0, 0.05) is 28.5 Å². The second kappa shape index (κ2) is 12.9. The summed E-state index contributed by atoms with van der Waals surface area (Å²) in [4.78, 5) is 28.4. The number of benzene rings is 3. The lowest BCUT2D eigenvalue weighted by atomic mass is 10.0. The summed E-state index contributed by atoms with van der Waals surface area (Å²) in [5.74, 6) is 0.188. The summed E-state index contributed by atoms with van der Waals surface area (Å²) < 4.78 is 7.88. The molecule has 0 bridgehead atoms. The molecule has 0 fully saturated rings. The first-order valence-corrected chi connectivity index (χ1v) is 13.1. The van der Waals surface area contributed by atoms with Crippen LogP contribution in [0.25, 0.3) is 0 Å². The number of amides is 2. The van der Waals surface area contributed by atoms with Crippen LogP contribution in [0, 0.1) is 13.8 Å². The van der Waals surface area contributed by atoms with E-state index in [1.54, 1.807) is 4.90 Å². The molecule has 3 aromatic rings. The van der Waals surface area contributed by atoms with E-state index in [9.17, 15) is 9.59 Å². The molecule has 0 aliphatic rings. The SMILES string of the molecule is CCNC(=O)[C@H](Cc1ccccc1)N(Cc1ccc(Br)cc1)C(=O)COc1cc(C)c(Br)c(C)c1. The standard InChI is InChI=1S/C28H30Br2N2O3/c1-4-31-28(34)25(16-21-8-6-5-7-9-21)32(17-22-10-12-23(29)13-11-22)26(33)18-35-24-14-19(2)27(30)20(3)15-24/h5-15,25H,4,16-18H2,1-3H3,(H,31,34)/t25-/m0/s1. The van der Waals surface area contributed by atoms with Crippen molar-refractivity contribution in [1.82, 2.24) is 10.2 Å². The van der Waals surface area contributed by atoms with Crippen molar-refractivity contribution in [1.29, 1.82) is 0 Å². The molecule has 2 amide bonds. The van der Waals surface area contributed by atoms with Crippen molar-refractivity contribution in [2.45, 2.75) is 39.8 Å². The quantitative estimate of drug-likeness (QED) is 0.311. The van der Waals surface area contributed by atoms with Crippen molar-refractivity contribution in [2.75, 3.05) is 13.2 Å². The van der Waals surface area contributed by atoms with Crippen molar-refractivity contribution in [3.05, 3.63) is 97.9 Å². The number of nitrogens with zero attached hydrogens (tertiary/aromatic N) is 1. The van der Waals surface area contributed by atoms with Crippen LogP contribution in [0.15, 0.2) is 75.7 Å². The van der Waals surface area contributed by atoms with Crippen LogP contribution in [0.2, 0.25) is 0 Å². The van der Waals surface area contributed by atoms with Gasteiger partial charge in [-0.05, 0) is 67.3 Å². The highest BCUT2D eigenvalue weighted by Gasteiger charge is 2.30. The van der Waals surface area contributed by atoms with Crippen LogP contribution in [0.3, 0.4) is 0 Å². The summed E-state index contributed by atoms with van der Waals surface area (Å²) >= 11 is 7.02. The number of halogens is 2. The van der Waals surface area contributed by atoms with E-state index in [2.05, 4.69) is 37.2 Å². The molecule has 0 radical (unpaired) electrons. The Balaban J connectivity index is 1.89. The topological polar surface area (TPSA) is 58.6 Å². The van der Waals surface area contributed by atoms with E-state index in [1.807, 2.05) is 87.5 Å². The Morgan fingerprint density at radius 2 is 1.57 bits per heavy atom. The van der Waals surface area contributed by atoms with Crippen LogP contribution in [0.1, 0.15) is 29.2 Å². The lowest BCUT2D eigenvalue weighted by Gasteiger charge is -2.31. The van der Waals surface area contributed by atoms with Gasteiger partial charge in [-0.1, -0.05) is 74.3 Å². The molecule has 7 heteroatoms. The molecule has 5 nitrogen and oxygen atoms in total. The maximum absolute atomic E-state index is 13.6. The molecule has 3 rings (SSSR count). The third-order valence-electron chi connectivity index (χ3n) is 5.66. The van der Waals surface area contributed by atoms with E-state index in [-0.39, 0.29) is 18.4 Å². The smallest absolute Gasteiger partial charge is 0.261 e. The third-order valence-corrected chi connectivity index (χ3v) is 7.44. The van der Waals surface area contributed by atoms with E-state index in [0.29, 0.717) is 25.3 Å². The monoisotopic (exact) mass is 600 g/mol. The number of carbonyl (C=O) groups excluding carboxylic acids is 2. The predicted octanol–water partition coefficient (Wildman–Crippen LogP) is 5.98. The van der Waals surface area contributed by atoms with Crippen LogP contribution in [0.5, 0.6) is 5.75 Å². The molecule has 0 aliphatic carbocycles. The maximum atomic E-state index is 13.6. The van der Waals surface area contributed by atoms with Crippen LogP contribution in [-0.2, 0) is 22.6 Å². The second-order valence-electron chi connectivity index (χ2n) is 8.41. The zero-order valence-electron chi connectivity index (χ0n) is 20.2. The number of hydrogen-bond acceptors (Lipinski definition) is 3. The molecule has 0 aromatic heterocycles. The first kappa shape index (κ1) is 27.0. The average molecular weight is 602 g/mol. The summed E-state index contributed by atoms with van der Waals surface area (Å²) in [6.07, 6.45) is 0.408. The Labute approximate surface area is 224 Å². The van der Waals surface area contributed by atoms with Gasteiger partial charge in [0.25, 0.3) is 5.91 Å². The fourth-order valence-electron chi connectivity index (χ4n) is 3.85. The van der Waals surface area contributed by atoms with Gasteiger partial charge >= 0.3 is 0 Å². The Morgan fingerprint density at radius 3 is 2.17 bits per heavy atom. The van der Waals surface area contributed by atoms with Crippen molar-refractivity contribution >= 4 is 43.7 Å². The van der Waals surface area contributed by atoms with Crippen LogP contribution >= 0.6 is 31.9 Å². The number of likely N-dealkylation sites (N-methyl/N-ethyl adjacent to an activating group) is 1. The van der Waals surface area contributed by atoms with Crippen LogP contribution < -0.4 is 10.1 Å². The van der Waals surface area contributed by atoms with Crippen molar-refractivity contribution < 1.29 is 14.3 Å². The minimum absolute atomic E-state index is 0.165. The number of carbonyl (C=O) groups is 2. The summed E-state index contributed by atoms with van der Waals surface area (Å²) in [5.41, 5.74) is 3.98. The minimum Gasteiger partial charge on any atom is -0.484 e. The summed E-state index contributed by atoms with van der Waals surface area (Å²) in [7, 11) is 0. The number of aryl methyl sites for hydroxylation is 2. The molecular weight excluding hydrogens is 572 g/mol. The molecule has 0 aliphatic heterocycles. The number of rotatable bonds is 10. The zero-order valence-corrected chi connectivity index (χ0v) is 23.4. The van der Waals surface area contributed by atoms with E-state index in [1.165, 1.54) is 0 Å². The second-order valence-corrected chi connectivity index (χ2v) is 10.1.